The van der Waals surface area contributed by atoms with Crippen molar-refractivity contribution in [3.05, 3.63) is 157 Å². The molecule has 226 valence electrons. The van der Waals surface area contributed by atoms with Gasteiger partial charge in [-0.15, -0.1) is 11.3 Å². The van der Waals surface area contributed by atoms with Gasteiger partial charge >= 0.3 is 0 Å². The minimum atomic E-state index is -0.154. The molecule has 3 aromatic heterocycles. The Bertz CT molecular complexity index is 2730. The first-order valence-corrected chi connectivity index (χ1v) is 16.8. The lowest BCUT2D eigenvalue weighted by molar-refractivity contribution is 0.497. The molecule has 48 heavy (non-hydrogen) atoms. The van der Waals surface area contributed by atoms with Crippen molar-refractivity contribution >= 4 is 59.3 Å². The number of fused-ring (bicyclic) bond motifs is 7. The third kappa shape index (κ3) is 4.27. The Morgan fingerprint density at radius 2 is 1.33 bits per heavy atom. The van der Waals surface area contributed by atoms with Crippen LogP contribution in [-0.2, 0) is 0 Å². The molecule has 0 saturated carbocycles. The average Bonchev–Trinajstić information content (AvgIpc) is 3.74. The van der Waals surface area contributed by atoms with Gasteiger partial charge in [0.05, 0.1) is 0 Å². The third-order valence-corrected chi connectivity index (χ3v) is 10.4. The van der Waals surface area contributed by atoms with Crippen molar-refractivity contribution in [2.24, 2.45) is 0 Å². The van der Waals surface area contributed by atoms with Gasteiger partial charge in [0.25, 0.3) is 0 Å². The zero-order valence-corrected chi connectivity index (χ0v) is 26.4. The van der Waals surface area contributed by atoms with E-state index in [4.69, 9.17) is 19.4 Å². The van der Waals surface area contributed by atoms with Crippen LogP contribution in [0.25, 0.3) is 82.2 Å². The molecule has 1 N–H and O–H groups in total. The Morgan fingerprint density at radius 3 is 2.25 bits per heavy atom. The quantitative estimate of drug-likeness (QED) is 0.209. The van der Waals surface area contributed by atoms with E-state index in [1.165, 1.54) is 31.1 Å². The minimum absolute atomic E-state index is 0.154. The van der Waals surface area contributed by atoms with Crippen LogP contribution in [0, 0.1) is 0 Å². The van der Waals surface area contributed by atoms with Gasteiger partial charge in [-0.3, -0.25) is 0 Å². The molecule has 0 amide bonds. The maximum absolute atomic E-state index is 6.75. The highest BCUT2D eigenvalue weighted by Crippen LogP contribution is 2.44. The van der Waals surface area contributed by atoms with E-state index in [0.717, 1.165) is 44.4 Å². The number of nitrogens with zero attached hydrogens (tertiary/aromatic N) is 3. The predicted octanol–water partition coefficient (Wildman–Crippen LogP) is 10.8. The fourth-order valence-electron chi connectivity index (χ4n) is 7.00. The second kappa shape index (κ2) is 10.7. The van der Waals surface area contributed by atoms with E-state index >= 15 is 0 Å². The van der Waals surface area contributed by atoms with Crippen molar-refractivity contribution in [2.75, 3.05) is 0 Å². The predicted molar refractivity (Wildman–Crippen MR) is 197 cm³/mol. The number of nitrogens with one attached hydrogen (secondary N) is 1. The first kappa shape index (κ1) is 27.0. The molecular weight excluding hydrogens is 609 g/mol. The molecule has 6 aromatic carbocycles. The standard InChI is InChI=1S/C42H26N4OS/c1-2-11-26(12-3-1)40-44-41(28-21-20-25-10-4-5-13-27(25)24-28)46-42(45-40)32-16-8-17-33-36(32)31-22-23-43-38(39(31)47-33)30-15-9-19-35-37(30)29-14-6-7-18-34(29)48-35/h1-24,38,43H. The van der Waals surface area contributed by atoms with Gasteiger partial charge in [0.2, 0.25) is 0 Å². The molecule has 0 aliphatic carbocycles. The minimum Gasteiger partial charge on any atom is -0.458 e. The molecule has 0 bridgehead atoms. The Kier molecular flexibility index (Phi) is 6.04. The summed E-state index contributed by atoms with van der Waals surface area (Å²) in [6, 6.07) is 46.0. The number of hydrogen-bond donors (Lipinski definition) is 1. The van der Waals surface area contributed by atoms with Crippen molar-refractivity contribution in [3.63, 3.8) is 0 Å². The van der Waals surface area contributed by atoms with Crippen LogP contribution in [0.5, 0.6) is 0 Å². The molecule has 1 atom stereocenters. The molecule has 0 fully saturated rings. The number of thiophene rings is 1. The number of hydrogen-bond acceptors (Lipinski definition) is 6. The van der Waals surface area contributed by atoms with Crippen LogP contribution in [0.15, 0.2) is 144 Å². The van der Waals surface area contributed by atoms with Gasteiger partial charge < -0.3 is 9.73 Å². The summed E-state index contributed by atoms with van der Waals surface area (Å²) in [4.78, 5) is 15.2. The van der Waals surface area contributed by atoms with Gasteiger partial charge in [0.15, 0.2) is 17.5 Å². The Labute approximate surface area is 279 Å². The van der Waals surface area contributed by atoms with Gasteiger partial charge in [0.1, 0.15) is 17.4 Å². The molecule has 1 aliphatic heterocycles. The zero-order valence-electron chi connectivity index (χ0n) is 25.6. The van der Waals surface area contributed by atoms with Crippen molar-refractivity contribution in [1.29, 1.82) is 0 Å². The SMILES string of the molecule is C1=Cc2c(oc3cccc(-c4nc(-c5ccccc5)nc(-c5ccc6ccccc6c5)n4)c23)C(c2cccc3sc4ccccc4c23)N1. The summed E-state index contributed by atoms with van der Waals surface area (Å²) in [7, 11) is 0. The highest BCUT2D eigenvalue weighted by molar-refractivity contribution is 7.25. The number of rotatable bonds is 4. The summed E-state index contributed by atoms with van der Waals surface area (Å²) < 4.78 is 9.30. The molecule has 0 spiro atoms. The number of aromatic nitrogens is 3. The zero-order chi connectivity index (χ0) is 31.6. The normalized spacial score (nSPS) is 14.1. The highest BCUT2D eigenvalue weighted by atomic mass is 32.1. The summed E-state index contributed by atoms with van der Waals surface area (Å²) in [6.45, 7) is 0. The molecular formula is C42H26N4OS. The molecule has 0 saturated heterocycles. The van der Waals surface area contributed by atoms with Crippen LogP contribution >= 0.6 is 11.3 Å². The monoisotopic (exact) mass is 634 g/mol. The van der Waals surface area contributed by atoms with E-state index in [-0.39, 0.29) is 6.04 Å². The van der Waals surface area contributed by atoms with Crippen LogP contribution in [0.1, 0.15) is 22.9 Å². The van der Waals surface area contributed by atoms with Gasteiger partial charge in [-0.1, -0.05) is 109 Å². The fraction of sp³-hybridized carbons (Fsp3) is 0.0238. The van der Waals surface area contributed by atoms with E-state index in [0.29, 0.717) is 17.5 Å². The summed E-state index contributed by atoms with van der Waals surface area (Å²) in [5.41, 5.74) is 5.81. The van der Waals surface area contributed by atoms with Crippen LogP contribution in [-0.4, -0.2) is 15.0 Å². The van der Waals surface area contributed by atoms with Gasteiger partial charge in [-0.2, -0.15) is 0 Å². The van der Waals surface area contributed by atoms with Crippen molar-refractivity contribution in [1.82, 2.24) is 20.3 Å². The van der Waals surface area contributed by atoms with Crippen molar-refractivity contribution in [2.45, 2.75) is 6.04 Å². The Balaban J connectivity index is 1.18. The first-order valence-electron chi connectivity index (χ1n) is 16.0. The van der Waals surface area contributed by atoms with E-state index < -0.39 is 0 Å². The molecule has 6 heteroatoms. The van der Waals surface area contributed by atoms with Crippen LogP contribution in [0.3, 0.4) is 0 Å². The van der Waals surface area contributed by atoms with Crippen LogP contribution in [0.2, 0.25) is 0 Å². The Hall–Kier alpha value is -6.11. The topological polar surface area (TPSA) is 63.8 Å². The summed E-state index contributed by atoms with van der Waals surface area (Å²) in [5.74, 6) is 2.75. The molecule has 4 heterocycles. The van der Waals surface area contributed by atoms with E-state index in [1.54, 1.807) is 0 Å². The smallest absolute Gasteiger partial charge is 0.164 e. The summed E-state index contributed by atoms with van der Waals surface area (Å²) >= 11 is 1.83. The molecule has 9 aromatic rings. The van der Waals surface area contributed by atoms with Crippen LogP contribution in [0.4, 0.5) is 0 Å². The summed E-state index contributed by atoms with van der Waals surface area (Å²) in [5, 5.41) is 9.46. The molecule has 5 nitrogen and oxygen atoms in total. The molecule has 1 unspecified atom stereocenters. The average molecular weight is 635 g/mol. The largest absolute Gasteiger partial charge is 0.458 e. The maximum atomic E-state index is 6.75. The first-order chi connectivity index (χ1) is 23.8. The van der Waals surface area contributed by atoms with Gasteiger partial charge in [-0.25, -0.2) is 15.0 Å². The fourth-order valence-corrected chi connectivity index (χ4v) is 8.14. The Morgan fingerprint density at radius 1 is 0.583 bits per heavy atom. The van der Waals surface area contributed by atoms with E-state index in [2.05, 4.69) is 102 Å². The third-order valence-electron chi connectivity index (χ3n) is 9.22. The second-order valence-electron chi connectivity index (χ2n) is 12.0. The second-order valence-corrected chi connectivity index (χ2v) is 13.1. The lowest BCUT2D eigenvalue weighted by atomic mass is 9.93. The summed E-state index contributed by atoms with van der Waals surface area (Å²) in [6.07, 6.45) is 4.14. The molecule has 10 rings (SSSR count). The van der Waals surface area contributed by atoms with E-state index in [1.807, 2.05) is 60.0 Å². The lowest BCUT2D eigenvalue weighted by Crippen LogP contribution is -2.20. The molecule has 1 aliphatic rings. The lowest BCUT2D eigenvalue weighted by Gasteiger charge is -2.21. The highest BCUT2D eigenvalue weighted by Gasteiger charge is 2.29. The van der Waals surface area contributed by atoms with Gasteiger partial charge in [0, 0.05) is 47.8 Å². The molecule has 0 radical (unpaired) electrons. The van der Waals surface area contributed by atoms with Crippen molar-refractivity contribution < 1.29 is 4.42 Å². The number of furan rings is 1. The van der Waals surface area contributed by atoms with Gasteiger partial charge in [-0.05, 0) is 52.9 Å². The van der Waals surface area contributed by atoms with Crippen LogP contribution < -0.4 is 5.32 Å². The number of benzene rings is 6. The van der Waals surface area contributed by atoms with E-state index in [9.17, 15) is 0 Å². The van der Waals surface area contributed by atoms with Crippen molar-refractivity contribution in [3.8, 4) is 34.2 Å². The maximum Gasteiger partial charge on any atom is 0.164 e.